The van der Waals surface area contributed by atoms with Crippen LogP contribution in [0.2, 0.25) is 0 Å². The second kappa shape index (κ2) is 6.68. The van der Waals surface area contributed by atoms with E-state index in [4.69, 9.17) is 9.47 Å². The van der Waals surface area contributed by atoms with Crippen molar-refractivity contribution in [1.29, 1.82) is 0 Å². The number of hydrogen-bond acceptors (Lipinski definition) is 4. The molecule has 100 valence electrons. The molecular formula is C13H17BrO3S. The number of hydrogen-bond donors (Lipinski definition) is 0. The van der Waals surface area contributed by atoms with Crippen molar-refractivity contribution in [2.75, 3.05) is 7.11 Å². The average molecular weight is 333 g/mol. The van der Waals surface area contributed by atoms with Crippen molar-refractivity contribution in [1.82, 2.24) is 0 Å². The van der Waals surface area contributed by atoms with Crippen molar-refractivity contribution in [2.24, 2.45) is 5.92 Å². The van der Waals surface area contributed by atoms with Gasteiger partial charge in [-0.2, -0.15) is 0 Å². The Hall–Kier alpha value is -0.390. The standard InChI is InChI=1S/C13H17BrO3S/c1-16-13(15)9-2-4-10(5-3-9)17-8-11-6-7-12(14)18-11/h6-7,9-10H,2-5,8H2,1H3. The first-order chi connectivity index (χ1) is 8.69. The molecule has 1 saturated carbocycles. The molecule has 0 atom stereocenters. The molecule has 0 saturated heterocycles. The lowest BCUT2D eigenvalue weighted by molar-refractivity contribution is -0.147. The van der Waals surface area contributed by atoms with E-state index in [9.17, 15) is 4.79 Å². The summed E-state index contributed by atoms with van der Waals surface area (Å²) in [6.07, 6.45) is 3.95. The fourth-order valence-electron chi connectivity index (χ4n) is 2.26. The molecular weight excluding hydrogens is 316 g/mol. The maximum atomic E-state index is 11.4. The smallest absolute Gasteiger partial charge is 0.308 e. The van der Waals surface area contributed by atoms with E-state index in [1.54, 1.807) is 11.3 Å². The molecule has 2 rings (SSSR count). The Labute approximate surface area is 120 Å². The molecule has 1 aliphatic carbocycles. The van der Waals surface area contributed by atoms with Crippen molar-refractivity contribution < 1.29 is 14.3 Å². The molecule has 3 nitrogen and oxygen atoms in total. The van der Waals surface area contributed by atoms with Crippen LogP contribution in [0.3, 0.4) is 0 Å². The molecule has 0 N–H and O–H groups in total. The summed E-state index contributed by atoms with van der Waals surface area (Å²) in [5.41, 5.74) is 0. The van der Waals surface area contributed by atoms with Crippen LogP contribution in [-0.4, -0.2) is 19.2 Å². The molecule has 0 unspecified atom stereocenters. The van der Waals surface area contributed by atoms with Crippen LogP contribution in [0.1, 0.15) is 30.6 Å². The van der Waals surface area contributed by atoms with E-state index >= 15 is 0 Å². The Morgan fingerprint density at radius 2 is 2.11 bits per heavy atom. The summed E-state index contributed by atoms with van der Waals surface area (Å²) in [6.45, 7) is 0.670. The summed E-state index contributed by atoms with van der Waals surface area (Å²) in [7, 11) is 1.46. The summed E-state index contributed by atoms with van der Waals surface area (Å²) in [4.78, 5) is 12.6. The minimum absolute atomic E-state index is 0.0735. The predicted molar refractivity (Wildman–Crippen MR) is 74.6 cm³/mol. The number of methoxy groups -OCH3 is 1. The topological polar surface area (TPSA) is 35.5 Å². The number of halogens is 1. The Bertz CT molecular complexity index is 397. The van der Waals surface area contributed by atoms with E-state index in [0.717, 1.165) is 29.5 Å². The van der Waals surface area contributed by atoms with E-state index < -0.39 is 0 Å². The number of carbonyl (C=O) groups is 1. The third kappa shape index (κ3) is 3.80. The molecule has 0 amide bonds. The highest BCUT2D eigenvalue weighted by Crippen LogP contribution is 2.29. The Morgan fingerprint density at radius 3 is 2.67 bits per heavy atom. The molecule has 0 spiro atoms. The monoisotopic (exact) mass is 332 g/mol. The molecule has 1 aromatic heterocycles. The van der Waals surface area contributed by atoms with E-state index in [-0.39, 0.29) is 18.0 Å². The molecule has 0 aromatic carbocycles. The van der Waals surface area contributed by atoms with E-state index in [2.05, 4.69) is 22.0 Å². The fourth-order valence-corrected chi connectivity index (χ4v) is 3.67. The summed E-state index contributed by atoms with van der Waals surface area (Å²) in [5, 5.41) is 0. The molecule has 0 bridgehead atoms. The average Bonchev–Trinajstić information content (AvgIpc) is 2.82. The van der Waals surface area contributed by atoms with Gasteiger partial charge in [0.2, 0.25) is 0 Å². The molecule has 1 aliphatic rings. The van der Waals surface area contributed by atoms with Crippen LogP contribution >= 0.6 is 27.3 Å². The van der Waals surface area contributed by atoms with Gasteiger partial charge in [0.1, 0.15) is 0 Å². The van der Waals surface area contributed by atoms with Gasteiger partial charge in [0.05, 0.1) is 29.5 Å². The Morgan fingerprint density at radius 1 is 1.39 bits per heavy atom. The molecule has 1 fully saturated rings. The lowest BCUT2D eigenvalue weighted by Crippen LogP contribution is -2.26. The van der Waals surface area contributed by atoms with Gasteiger partial charge < -0.3 is 9.47 Å². The first-order valence-electron chi connectivity index (χ1n) is 6.12. The molecule has 18 heavy (non-hydrogen) atoms. The first kappa shape index (κ1) is 14.0. The Balaban J connectivity index is 1.72. The quantitative estimate of drug-likeness (QED) is 0.787. The second-order valence-corrected chi connectivity index (χ2v) is 7.06. The number of thiophene rings is 1. The number of ether oxygens (including phenoxy) is 2. The van der Waals surface area contributed by atoms with E-state index in [1.807, 2.05) is 6.07 Å². The van der Waals surface area contributed by atoms with Crippen LogP contribution in [0.15, 0.2) is 15.9 Å². The SMILES string of the molecule is COC(=O)C1CCC(OCc2ccc(Br)s2)CC1. The number of esters is 1. The molecule has 1 aromatic rings. The maximum absolute atomic E-state index is 11.4. The van der Waals surface area contributed by atoms with Gasteiger partial charge >= 0.3 is 5.97 Å². The van der Waals surface area contributed by atoms with Gasteiger partial charge in [-0.1, -0.05) is 0 Å². The lowest BCUT2D eigenvalue weighted by Gasteiger charge is -2.26. The third-order valence-electron chi connectivity index (χ3n) is 3.30. The number of rotatable bonds is 4. The fraction of sp³-hybridized carbons (Fsp3) is 0.615. The van der Waals surface area contributed by atoms with Crippen LogP contribution < -0.4 is 0 Å². The van der Waals surface area contributed by atoms with E-state index in [0.29, 0.717) is 6.61 Å². The maximum Gasteiger partial charge on any atom is 0.308 e. The highest BCUT2D eigenvalue weighted by atomic mass is 79.9. The molecule has 5 heteroatoms. The van der Waals surface area contributed by atoms with Crippen LogP contribution in [-0.2, 0) is 20.9 Å². The minimum Gasteiger partial charge on any atom is -0.469 e. The largest absolute Gasteiger partial charge is 0.469 e. The van der Waals surface area contributed by atoms with Crippen LogP contribution in [0, 0.1) is 5.92 Å². The normalized spacial score (nSPS) is 23.9. The summed E-state index contributed by atoms with van der Waals surface area (Å²) < 4.78 is 11.8. The lowest BCUT2D eigenvalue weighted by atomic mass is 9.87. The third-order valence-corrected chi connectivity index (χ3v) is 4.90. The van der Waals surface area contributed by atoms with Gasteiger partial charge in [0.25, 0.3) is 0 Å². The zero-order chi connectivity index (χ0) is 13.0. The van der Waals surface area contributed by atoms with Crippen LogP contribution in [0.25, 0.3) is 0 Å². The molecule has 0 radical (unpaired) electrons. The van der Waals surface area contributed by atoms with Gasteiger partial charge in [-0.3, -0.25) is 4.79 Å². The predicted octanol–water partition coefficient (Wildman–Crippen LogP) is 3.76. The first-order valence-corrected chi connectivity index (χ1v) is 7.73. The van der Waals surface area contributed by atoms with Crippen molar-refractivity contribution in [2.45, 2.75) is 38.4 Å². The van der Waals surface area contributed by atoms with E-state index in [1.165, 1.54) is 12.0 Å². The summed E-state index contributed by atoms with van der Waals surface area (Å²) in [6, 6.07) is 4.12. The number of carbonyl (C=O) groups excluding carboxylic acids is 1. The molecule has 0 aliphatic heterocycles. The van der Waals surface area contributed by atoms with Gasteiger partial charge in [0.15, 0.2) is 0 Å². The summed E-state index contributed by atoms with van der Waals surface area (Å²) in [5.74, 6) is 0.00127. The van der Waals surface area contributed by atoms with Crippen LogP contribution in [0.4, 0.5) is 0 Å². The van der Waals surface area contributed by atoms with Gasteiger partial charge in [-0.15, -0.1) is 11.3 Å². The highest BCUT2D eigenvalue weighted by Gasteiger charge is 2.27. The van der Waals surface area contributed by atoms with Crippen LogP contribution in [0.5, 0.6) is 0 Å². The van der Waals surface area contributed by atoms with Crippen molar-refractivity contribution >= 4 is 33.2 Å². The Kier molecular flexibility index (Phi) is 5.21. The van der Waals surface area contributed by atoms with Crippen molar-refractivity contribution in [3.8, 4) is 0 Å². The second-order valence-electron chi connectivity index (χ2n) is 4.51. The van der Waals surface area contributed by atoms with Gasteiger partial charge in [0, 0.05) is 4.88 Å². The molecule has 1 heterocycles. The van der Waals surface area contributed by atoms with Crippen molar-refractivity contribution in [3.63, 3.8) is 0 Å². The van der Waals surface area contributed by atoms with Crippen molar-refractivity contribution in [3.05, 3.63) is 20.8 Å². The van der Waals surface area contributed by atoms with Gasteiger partial charge in [-0.25, -0.2) is 0 Å². The van der Waals surface area contributed by atoms with Gasteiger partial charge in [-0.05, 0) is 53.7 Å². The summed E-state index contributed by atoms with van der Waals surface area (Å²) >= 11 is 5.14. The zero-order valence-electron chi connectivity index (χ0n) is 10.4. The highest BCUT2D eigenvalue weighted by molar-refractivity contribution is 9.11. The zero-order valence-corrected chi connectivity index (χ0v) is 12.8. The minimum atomic E-state index is -0.0735.